The monoisotopic (exact) mass is 335 g/mol. The molecule has 4 nitrogen and oxygen atoms in total. The van der Waals surface area contributed by atoms with Gasteiger partial charge in [-0.05, 0) is 37.4 Å². The van der Waals surface area contributed by atoms with Crippen molar-refractivity contribution < 1.29 is 13.9 Å². The highest BCUT2D eigenvalue weighted by Crippen LogP contribution is 2.34. The normalized spacial score (nSPS) is 22.0. The van der Waals surface area contributed by atoms with Gasteiger partial charge in [-0.1, -0.05) is 6.07 Å². The van der Waals surface area contributed by atoms with E-state index in [2.05, 4.69) is 9.88 Å². The molecule has 1 aromatic carbocycles. The standard InChI is InChI=1S/C18H23F2N3O/c1-22-8-6-21-17(22)11-23-7-2-5-18(12-23,13-24)10-14-3-4-15(19)9-16(14)20/h3-4,6,8-9,24H,2,5,7,10-13H2,1H3. The molecule has 0 amide bonds. The fraction of sp³-hybridized carbons (Fsp3) is 0.500. The van der Waals surface area contributed by atoms with Gasteiger partial charge >= 0.3 is 0 Å². The molecule has 1 aromatic heterocycles. The largest absolute Gasteiger partial charge is 0.396 e. The number of aromatic nitrogens is 2. The first-order chi connectivity index (χ1) is 11.5. The molecule has 130 valence electrons. The van der Waals surface area contributed by atoms with Crippen molar-refractivity contribution >= 4 is 0 Å². The maximum absolute atomic E-state index is 14.0. The predicted octanol–water partition coefficient (Wildman–Crippen LogP) is 2.52. The zero-order chi connectivity index (χ0) is 17.2. The molecule has 1 aliphatic heterocycles. The molecule has 24 heavy (non-hydrogen) atoms. The van der Waals surface area contributed by atoms with Crippen molar-refractivity contribution in [3.05, 3.63) is 53.6 Å². The Morgan fingerprint density at radius 2 is 2.17 bits per heavy atom. The van der Waals surface area contributed by atoms with E-state index in [1.54, 1.807) is 6.20 Å². The lowest BCUT2D eigenvalue weighted by molar-refractivity contribution is 0.0269. The predicted molar refractivity (Wildman–Crippen MR) is 87.3 cm³/mol. The molecule has 1 saturated heterocycles. The molecule has 1 unspecified atom stereocenters. The van der Waals surface area contributed by atoms with Crippen LogP contribution >= 0.6 is 0 Å². The Morgan fingerprint density at radius 1 is 1.33 bits per heavy atom. The van der Waals surface area contributed by atoms with Gasteiger partial charge in [0.1, 0.15) is 17.5 Å². The van der Waals surface area contributed by atoms with Gasteiger partial charge in [0.2, 0.25) is 0 Å². The fourth-order valence-corrected chi connectivity index (χ4v) is 3.59. The molecule has 1 fully saturated rings. The number of benzene rings is 1. The first kappa shape index (κ1) is 17.0. The number of aliphatic hydroxyl groups excluding tert-OH is 1. The van der Waals surface area contributed by atoms with Crippen LogP contribution in [0.15, 0.2) is 30.6 Å². The van der Waals surface area contributed by atoms with Gasteiger partial charge in [0.15, 0.2) is 0 Å². The van der Waals surface area contributed by atoms with Crippen LogP contribution in [0.5, 0.6) is 0 Å². The summed E-state index contributed by atoms with van der Waals surface area (Å²) in [5.74, 6) is -0.143. The first-order valence-corrected chi connectivity index (χ1v) is 8.25. The van der Waals surface area contributed by atoms with Gasteiger partial charge in [-0.15, -0.1) is 0 Å². The Labute approximate surface area is 140 Å². The number of halogens is 2. The molecule has 1 aliphatic rings. The van der Waals surface area contributed by atoms with Gasteiger partial charge in [-0.3, -0.25) is 4.90 Å². The van der Waals surface area contributed by atoms with Crippen LogP contribution in [0.1, 0.15) is 24.2 Å². The number of nitrogens with zero attached hydrogens (tertiary/aromatic N) is 3. The summed E-state index contributed by atoms with van der Waals surface area (Å²) in [6.07, 6.45) is 5.86. The number of piperidine rings is 1. The summed E-state index contributed by atoms with van der Waals surface area (Å²) in [4.78, 5) is 6.60. The van der Waals surface area contributed by atoms with E-state index in [0.29, 0.717) is 25.1 Å². The molecule has 0 spiro atoms. The van der Waals surface area contributed by atoms with E-state index in [0.717, 1.165) is 31.3 Å². The minimum absolute atomic E-state index is 0.0130. The first-order valence-electron chi connectivity index (χ1n) is 8.25. The van der Waals surface area contributed by atoms with Gasteiger partial charge in [0.05, 0.1) is 13.2 Å². The maximum Gasteiger partial charge on any atom is 0.129 e. The Bertz CT molecular complexity index is 703. The number of likely N-dealkylation sites (tertiary alicyclic amines) is 1. The summed E-state index contributed by atoms with van der Waals surface area (Å²) in [6, 6.07) is 3.67. The van der Waals surface area contributed by atoms with Crippen molar-refractivity contribution in [2.75, 3.05) is 19.7 Å². The molecule has 0 saturated carbocycles. The molecule has 0 radical (unpaired) electrons. The van der Waals surface area contributed by atoms with Crippen LogP contribution in [0, 0.1) is 17.0 Å². The van der Waals surface area contributed by atoms with E-state index in [-0.39, 0.29) is 6.61 Å². The van der Waals surface area contributed by atoms with E-state index >= 15 is 0 Å². The smallest absolute Gasteiger partial charge is 0.129 e. The third kappa shape index (κ3) is 3.65. The van der Waals surface area contributed by atoms with Crippen LogP contribution in [0.2, 0.25) is 0 Å². The average Bonchev–Trinajstić information content (AvgIpc) is 2.96. The van der Waals surface area contributed by atoms with Crippen LogP contribution in [-0.4, -0.2) is 39.3 Å². The van der Waals surface area contributed by atoms with E-state index in [4.69, 9.17) is 0 Å². The topological polar surface area (TPSA) is 41.3 Å². The number of imidazole rings is 1. The van der Waals surface area contributed by atoms with Crippen molar-refractivity contribution in [2.24, 2.45) is 12.5 Å². The second-order valence-electron chi connectivity index (χ2n) is 6.84. The number of hydrogen-bond donors (Lipinski definition) is 1. The van der Waals surface area contributed by atoms with E-state index in [1.165, 1.54) is 12.1 Å². The average molecular weight is 335 g/mol. The van der Waals surface area contributed by atoms with Crippen LogP contribution in [-0.2, 0) is 20.0 Å². The zero-order valence-corrected chi connectivity index (χ0v) is 13.9. The number of aliphatic hydroxyl groups is 1. The summed E-state index contributed by atoms with van der Waals surface area (Å²) >= 11 is 0. The zero-order valence-electron chi connectivity index (χ0n) is 13.9. The Kier molecular flexibility index (Phi) is 4.96. The highest BCUT2D eigenvalue weighted by atomic mass is 19.1. The van der Waals surface area contributed by atoms with Gasteiger partial charge in [0.25, 0.3) is 0 Å². The van der Waals surface area contributed by atoms with Gasteiger partial charge < -0.3 is 9.67 Å². The van der Waals surface area contributed by atoms with Crippen molar-refractivity contribution in [1.82, 2.24) is 14.5 Å². The van der Waals surface area contributed by atoms with Crippen LogP contribution in [0.4, 0.5) is 8.78 Å². The summed E-state index contributed by atoms with van der Waals surface area (Å²) < 4.78 is 29.1. The summed E-state index contributed by atoms with van der Waals surface area (Å²) in [5, 5.41) is 10.0. The second-order valence-corrected chi connectivity index (χ2v) is 6.84. The quantitative estimate of drug-likeness (QED) is 0.913. The third-order valence-corrected chi connectivity index (χ3v) is 4.94. The van der Waals surface area contributed by atoms with Gasteiger partial charge in [-0.2, -0.15) is 0 Å². The molecule has 1 atom stereocenters. The minimum Gasteiger partial charge on any atom is -0.396 e. The molecular weight excluding hydrogens is 312 g/mol. The Balaban J connectivity index is 1.74. The lowest BCUT2D eigenvalue weighted by Gasteiger charge is -2.42. The third-order valence-electron chi connectivity index (χ3n) is 4.94. The molecule has 1 N–H and O–H groups in total. The van der Waals surface area contributed by atoms with Crippen molar-refractivity contribution in [3.63, 3.8) is 0 Å². The Morgan fingerprint density at radius 3 is 2.83 bits per heavy atom. The van der Waals surface area contributed by atoms with E-state index in [9.17, 15) is 13.9 Å². The highest BCUT2D eigenvalue weighted by Gasteiger charge is 2.36. The van der Waals surface area contributed by atoms with Gasteiger partial charge in [-0.25, -0.2) is 13.8 Å². The van der Waals surface area contributed by atoms with E-state index < -0.39 is 17.0 Å². The number of aryl methyl sites for hydroxylation is 1. The lowest BCUT2D eigenvalue weighted by atomic mass is 9.75. The summed E-state index contributed by atoms with van der Waals surface area (Å²) in [5.41, 5.74) is 0.0616. The summed E-state index contributed by atoms with van der Waals surface area (Å²) in [6.45, 7) is 2.30. The Hall–Kier alpha value is -1.79. The molecule has 3 rings (SSSR count). The molecular formula is C18H23F2N3O. The number of hydrogen-bond acceptors (Lipinski definition) is 3. The molecule has 0 bridgehead atoms. The lowest BCUT2D eigenvalue weighted by Crippen LogP contribution is -2.46. The van der Waals surface area contributed by atoms with Crippen molar-refractivity contribution in [1.29, 1.82) is 0 Å². The molecule has 2 aromatic rings. The van der Waals surface area contributed by atoms with Crippen molar-refractivity contribution in [2.45, 2.75) is 25.8 Å². The van der Waals surface area contributed by atoms with Crippen LogP contribution in [0.25, 0.3) is 0 Å². The number of rotatable bonds is 5. The SMILES string of the molecule is Cn1ccnc1CN1CCCC(CO)(Cc2ccc(F)cc2F)C1. The molecule has 6 heteroatoms. The van der Waals surface area contributed by atoms with Crippen LogP contribution in [0.3, 0.4) is 0 Å². The van der Waals surface area contributed by atoms with Crippen molar-refractivity contribution in [3.8, 4) is 0 Å². The molecule has 2 heterocycles. The van der Waals surface area contributed by atoms with Gasteiger partial charge in [0, 0.05) is 37.5 Å². The fourth-order valence-electron chi connectivity index (χ4n) is 3.59. The van der Waals surface area contributed by atoms with E-state index in [1.807, 2.05) is 17.8 Å². The second kappa shape index (κ2) is 6.99. The highest BCUT2D eigenvalue weighted by molar-refractivity contribution is 5.20. The maximum atomic E-state index is 14.0. The summed E-state index contributed by atoms with van der Waals surface area (Å²) in [7, 11) is 1.96. The molecule has 0 aliphatic carbocycles. The minimum atomic E-state index is -0.575. The van der Waals surface area contributed by atoms with Crippen LogP contribution < -0.4 is 0 Å².